The third kappa shape index (κ3) is 2.59. The summed E-state index contributed by atoms with van der Waals surface area (Å²) in [6.07, 6.45) is 6.25. The highest BCUT2D eigenvalue weighted by Gasteiger charge is 2.21. The zero-order valence-electron chi connectivity index (χ0n) is 11.5. The van der Waals surface area contributed by atoms with Crippen molar-refractivity contribution in [3.8, 4) is 5.82 Å². The number of fused-ring (bicyclic) bond motifs is 1. The number of hydrogen-bond donors (Lipinski definition) is 1. The maximum atomic E-state index is 4.61. The third-order valence-corrected chi connectivity index (χ3v) is 4.18. The van der Waals surface area contributed by atoms with Crippen LogP contribution in [0.4, 0.5) is 0 Å². The molecule has 106 valence electrons. The van der Waals surface area contributed by atoms with E-state index in [1.165, 1.54) is 18.4 Å². The fourth-order valence-electron chi connectivity index (χ4n) is 2.49. The molecule has 1 saturated carbocycles. The Hall–Kier alpha value is -1.72. The van der Waals surface area contributed by atoms with E-state index < -0.39 is 0 Å². The van der Waals surface area contributed by atoms with Crippen molar-refractivity contribution >= 4 is 27.0 Å². The molecule has 4 rings (SSSR count). The van der Waals surface area contributed by atoms with Crippen molar-refractivity contribution in [3.05, 3.63) is 52.9 Å². The van der Waals surface area contributed by atoms with Crippen LogP contribution in [0.2, 0.25) is 0 Å². The number of pyridine rings is 1. The van der Waals surface area contributed by atoms with E-state index in [0.717, 1.165) is 27.9 Å². The van der Waals surface area contributed by atoms with Gasteiger partial charge in [-0.1, -0.05) is 12.1 Å². The number of nitrogens with zero attached hydrogens (tertiary/aromatic N) is 3. The van der Waals surface area contributed by atoms with Crippen LogP contribution in [0, 0.1) is 0 Å². The van der Waals surface area contributed by atoms with Crippen LogP contribution in [-0.4, -0.2) is 20.6 Å². The smallest absolute Gasteiger partial charge is 0.142 e. The van der Waals surface area contributed by atoms with Crippen LogP contribution in [0.5, 0.6) is 0 Å². The minimum Gasteiger partial charge on any atom is -0.310 e. The van der Waals surface area contributed by atoms with Gasteiger partial charge in [-0.15, -0.1) is 0 Å². The Labute approximate surface area is 131 Å². The molecule has 1 aliphatic carbocycles. The molecular weight excluding hydrogens is 328 g/mol. The summed E-state index contributed by atoms with van der Waals surface area (Å²) in [6.45, 7) is 0.832. The lowest BCUT2D eigenvalue weighted by Crippen LogP contribution is -2.17. The van der Waals surface area contributed by atoms with E-state index in [1.807, 2.05) is 30.7 Å². The number of benzene rings is 1. The number of para-hydroxylation sites is 2. The van der Waals surface area contributed by atoms with Crippen LogP contribution >= 0.6 is 15.9 Å². The molecule has 0 bridgehead atoms. The van der Waals surface area contributed by atoms with Gasteiger partial charge < -0.3 is 5.32 Å². The van der Waals surface area contributed by atoms with E-state index in [9.17, 15) is 0 Å². The van der Waals surface area contributed by atoms with E-state index >= 15 is 0 Å². The molecule has 5 heteroatoms. The highest BCUT2D eigenvalue weighted by molar-refractivity contribution is 9.10. The van der Waals surface area contributed by atoms with Crippen LogP contribution in [0.1, 0.15) is 18.4 Å². The Balaban J connectivity index is 1.79. The number of nitrogens with one attached hydrogen (secondary N) is 1. The largest absolute Gasteiger partial charge is 0.310 e. The molecule has 4 nitrogen and oxygen atoms in total. The first-order chi connectivity index (χ1) is 10.3. The fourth-order valence-corrected chi connectivity index (χ4v) is 2.87. The van der Waals surface area contributed by atoms with Gasteiger partial charge in [-0.3, -0.25) is 4.57 Å². The first-order valence-corrected chi connectivity index (χ1v) is 7.91. The van der Waals surface area contributed by atoms with Gasteiger partial charge in [-0.05, 0) is 47.0 Å². The molecule has 1 aliphatic rings. The normalized spacial score (nSPS) is 14.7. The molecule has 1 N–H and O–H groups in total. The number of hydrogen-bond acceptors (Lipinski definition) is 3. The summed E-state index contributed by atoms with van der Waals surface area (Å²) in [5.41, 5.74) is 3.25. The predicted molar refractivity (Wildman–Crippen MR) is 86.4 cm³/mol. The van der Waals surface area contributed by atoms with Crippen molar-refractivity contribution in [2.75, 3.05) is 0 Å². The van der Waals surface area contributed by atoms with Crippen molar-refractivity contribution in [1.82, 2.24) is 19.9 Å². The van der Waals surface area contributed by atoms with Gasteiger partial charge >= 0.3 is 0 Å². The molecule has 1 fully saturated rings. The van der Waals surface area contributed by atoms with E-state index in [0.29, 0.717) is 6.04 Å². The Morgan fingerprint density at radius 2 is 2.10 bits per heavy atom. The Bertz CT molecular complexity index is 792. The second kappa shape index (κ2) is 5.24. The van der Waals surface area contributed by atoms with Crippen LogP contribution in [0.15, 0.2) is 47.3 Å². The molecule has 0 amide bonds. The van der Waals surface area contributed by atoms with Crippen molar-refractivity contribution in [1.29, 1.82) is 0 Å². The number of aromatic nitrogens is 3. The lowest BCUT2D eigenvalue weighted by atomic mass is 10.2. The molecule has 0 unspecified atom stereocenters. The minimum absolute atomic E-state index is 0.677. The monoisotopic (exact) mass is 342 g/mol. The summed E-state index contributed by atoms with van der Waals surface area (Å²) in [7, 11) is 0. The second-order valence-corrected chi connectivity index (χ2v) is 6.31. The van der Waals surface area contributed by atoms with Gasteiger partial charge in [0, 0.05) is 28.8 Å². The zero-order valence-corrected chi connectivity index (χ0v) is 13.0. The summed E-state index contributed by atoms with van der Waals surface area (Å²) in [4.78, 5) is 9.06. The Kier molecular flexibility index (Phi) is 3.24. The molecule has 3 aromatic rings. The first-order valence-electron chi connectivity index (χ1n) is 7.11. The minimum atomic E-state index is 0.677. The maximum absolute atomic E-state index is 4.61. The molecular formula is C16H15BrN4. The molecule has 0 radical (unpaired) electrons. The molecule has 0 saturated heterocycles. The quantitative estimate of drug-likeness (QED) is 0.789. The van der Waals surface area contributed by atoms with Crippen molar-refractivity contribution < 1.29 is 0 Å². The van der Waals surface area contributed by atoms with Gasteiger partial charge in [0.05, 0.1) is 11.0 Å². The first kappa shape index (κ1) is 13.0. The topological polar surface area (TPSA) is 42.7 Å². The molecule has 21 heavy (non-hydrogen) atoms. The predicted octanol–water partition coefficient (Wildman–Crippen LogP) is 3.44. The molecule has 2 heterocycles. The molecule has 0 spiro atoms. The van der Waals surface area contributed by atoms with Gasteiger partial charge in [0.25, 0.3) is 0 Å². The summed E-state index contributed by atoms with van der Waals surface area (Å²) in [6, 6.07) is 10.9. The van der Waals surface area contributed by atoms with Crippen LogP contribution in [0.3, 0.4) is 0 Å². The average Bonchev–Trinajstić information content (AvgIpc) is 3.24. The molecule has 0 atom stereocenters. The Morgan fingerprint density at radius 1 is 1.24 bits per heavy atom. The van der Waals surface area contributed by atoms with Gasteiger partial charge in [0.1, 0.15) is 12.1 Å². The fraction of sp³-hybridized carbons (Fsp3) is 0.250. The summed E-state index contributed by atoms with van der Waals surface area (Å²) in [5.74, 6) is 0.944. The van der Waals surface area contributed by atoms with Crippen LogP contribution < -0.4 is 5.32 Å². The highest BCUT2D eigenvalue weighted by atomic mass is 79.9. The molecule has 2 aromatic heterocycles. The summed E-state index contributed by atoms with van der Waals surface area (Å²) in [5, 5.41) is 3.56. The van der Waals surface area contributed by atoms with Crippen LogP contribution in [-0.2, 0) is 6.54 Å². The van der Waals surface area contributed by atoms with Crippen LogP contribution in [0.25, 0.3) is 16.9 Å². The number of rotatable bonds is 4. The van der Waals surface area contributed by atoms with E-state index in [4.69, 9.17) is 0 Å². The second-order valence-electron chi connectivity index (χ2n) is 5.39. The van der Waals surface area contributed by atoms with Gasteiger partial charge in [0.15, 0.2) is 0 Å². The average molecular weight is 343 g/mol. The summed E-state index contributed by atoms with van der Waals surface area (Å²) < 4.78 is 3.06. The standard InChI is InChI=1S/C16H15BrN4/c17-12-7-11(8-18-13-5-6-13)16(19-9-12)21-10-20-14-3-1-2-4-15(14)21/h1-4,7,9-10,13,18H,5-6,8H2. The lowest BCUT2D eigenvalue weighted by molar-refractivity contribution is 0.682. The van der Waals surface area contributed by atoms with Crippen molar-refractivity contribution in [2.45, 2.75) is 25.4 Å². The summed E-state index contributed by atoms with van der Waals surface area (Å²) >= 11 is 3.52. The highest BCUT2D eigenvalue weighted by Crippen LogP contribution is 2.24. The van der Waals surface area contributed by atoms with Gasteiger partial charge in [-0.25, -0.2) is 9.97 Å². The van der Waals surface area contributed by atoms with E-state index in [-0.39, 0.29) is 0 Å². The van der Waals surface area contributed by atoms with E-state index in [1.54, 1.807) is 0 Å². The zero-order chi connectivity index (χ0) is 14.2. The van der Waals surface area contributed by atoms with E-state index in [2.05, 4.69) is 47.9 Å². The van der Waals surface area contributed by atoms with Crippen molar-refractivity contribution in [2.24, 2.45) is 0 Å². The SMILES string of the molecule is Brc1cnc(-n2cnc3ccccc32)c(CNC2CC2)c1. The molecule has 0 aliphatic heterocycles. The lowest BCUT2D eigenvalue weighted by Gasteiger charge is -2.11. The third-order valence-electron chi connectivity index (χ3n) is 3.75. The number of halogens is 1. The molecule has 1 aromatic carbocycles. The van der Waals surface area contributed by atoms with Gasteiger partial charge in [-0.2, -0.15) is 0 Å². The van der Waals surface area contributed by atoms with Crippen molar-refractivity contribution in [3.63, 3.8) is 0 Å². The Morgan fingerprint density at radius 3 is 2.95 bits per heavy atom. The maximum Gasteiger partial charge on any atom is 0.142 e. The number of imidazole rings is 1. The van der Waals surface area contributed by atoms with Gasteiger partial charge in [0.2, 0.25) is 0 Å².